The van der Waals surface area contributed by atoms with Gasteiger partial charge in [-0.15, -0.1) is 0 Å². The minimum Gasteiger partial charge on any atom is -0.366 e. The molecule has 130 valence electrons. The molecule has 1 aromatic carbocycles. The van der Waals surface area contributed by atoms with E-state index >= 15 is 0 Å². The first-order valence-electron chi connectivity index (χ1n) is 8.50. The topological polar surface area (TPSA) is 111 Å². The third kappa shape index (κ3) is 3.31. The summed E-state index contributed by atoms with van der Waals surface area (Å²) >= 11 is 0. The van der Waals surface area contributed by atoms with Gasteiger partial charge in [0.05, 0.1) is 11.6 Å². The Morgan fingerprint density at radius 2 is 1.96 bits per heavy atom. The third-order valence-electron chi connectivity index (χ3n) is 5.06. The fraction of sp³-hybridized carbons (Fsp3) is 0.500. The minimum atomic E-state index is -1.57. The Kier molecular flexibility index (Phi) is 4.89. The standard InChI is InChI=1S/C18H25N3O3/c19-14(10-12-11-20-15-7-3-2-6-13(12)15)16(22)21-18(17(23)24)8-4-1-5-9-18/h2-3,6-7,11,14,17,20,23-24H,1,4-5,8-10,19H2,(H,21,22)/t14-/m1/s1. The summed E-state index contributed by atoms with van der Waals surface area (Å²) in [5.74, 6) is -0.338. The van der Waals surface area contributed by atoms with Gasteiger partial charge in [0.2, 0.25) is 5.91 Å². The van der Waals surface area contributed by atoms with Crippen molar-refractivity contribution in [1.82, 2.24) is 10.3 Å². The second kappa shape index (κ2) is 6.93. The number of carbonyl (C=O) groups is 1. The average Bonchev–Trinajstić information content (AvgIpc) is 2.98. The number of nitrogens with one attached hydrogen (secondary N) is 2. The summed E-state index contributed by atoms with van der Waals surface area (Å²) in [5, 5.41) is 23.4. The summed E-state index contributed by atoms with van der Waals surface area (Å²) in [6.45, 7) is 0. The van der Waals surface area contributed by atoms with Gasteiger partial charge in [0.15, 0.2) is 6.29 Å². The number of fused-ring (bicyclic) bond motifs is 1. The van der Waals surface area contributed by atoms with Gasteiger partial charge < -0.3 is 26.2 Å². The lowest BCUT2D eigenvalue weighted by Crippen LogP contribution is -2.60. The van der Waals surface area contributed by atoms with Crippen molar-refractivity contribution >= 4 is 16.8 Å². The largest absolute Gasteiger partial charge is 0.366 e. The van der Waals surface area contributed by atoms with Gasteiger partial charge in [-0.05, 0) is 30.9 Å². The number of rotatable bonds is 5. The normalized spacial score (nSPS) is 18.7. The van der Waals surface area contributed by atoms with Gasteiger partial charge in [-0.2, -0.15) is 0 Å². The van der Waals surface area contributed by atoms with E-state index in [0.717, 1.165) is 35.7 Å². The number of aliphatic hydroxyl groups is 2. The first-order valence-corrected chi connectivity index (χ1v) is 8.50. The van der Waals surface area contributed by atoms with Gasteiger partial charge in [-0.3, -0.25) is 4.79 Å². The van der Waals surface area contributed by atoms with Crippen molar-refractivity contribution < 1.29 is 15.0 Å². The van der Waals surface area contributed by atoms with Crippen LogP contribution < -0.4 is 11.1 Å². The zero-order chi connectivity index (χ0) is 17.2. The maximum Gasteiger partial charge on any atom is 0.237 e. The van der Waals surface area contributed by atoms with Crippen LogP contribution in [0.1, 0.15) is 37.7 Å². The van der Waals surface area contributed by atoms with Crippen LogP contribution in [0.3, 0.4) is 0 Å². The molecule has 1 heterocycles. The molecule has 6 N–H and O–H groups in total. The van der Waals surface area contributed by atoms with E-state index in [2.05, 4.69) is 10.3 Å². The van der Waals surface area contributed by atoms with Gasteiger partial charge >= 0.3 is 0 Å². The van der Waals surface area contributed by atoms with Crippen LogP contribution in [0.2, 0.25) is 0 Å². The number of nitrogens with two attached hydrogens (primary N) is 1. The number of carbonyl (C=O) groups excluding carboxylic acids is 1. The first-order chi connectivity index (χ1) is 11.5. The minimum absolute atomic E-state index is 0.338. The highest BCUT2D eigenvalue weighted by molar-refractivity contribution is 5.86. The molecular formula is C18H25N3O3. The van der Waals surface area contributed by atoms with Crippen molar-refractivity contribution in [2.75, 3.05) is 0 Å². The lowest BCUT2D eigenvalue weighted by Gasteiger charge is -2.40. The molecular weight excluding hydrogens is 306 g/mol. The van der Waals surface area contributed by atoms with Crippen LogP contribution in [0, 0.1) is 0 Å². The maximum absolute atomic E-state index is 12.5. The van der Waals surface area contributed by atoms with Crippen LogP contribution in [0.5, 0.6) is 0 Å². The predicted octanol–water partition coefficient (Wildman–Crippen LogP) is 1.17. The highest BCUT2D eigenvalue weighted by atomic mass is 16.5. The molecule has 1 fully saturated rings. The zero-order valence-corrected chi connectivity index (χ0v) is 13.7. The van der Waals surface area contributed by atoms with Gasteiger partial charge in [0.25, 0.3) is 0 Å². The molecule has 6 heteroatoms. The summed E-state index contributed by atoms with van der Waals surface area (Å²) in [4.78, 5) is 15.7. The summed E-state index contributed by atoms with van der Waals surface area (Å²) < 4.78 is 0. The molecule has 1 aliphatic carbocycles. The van der Waals surface area contributed by atoms with Crippen LogP contribution in [-0.4, -0.2) is 39.0 Å². The lowest BCUT2D eigenvalue weighted by molar-refractivity contribution is -0.143. The molecule has 0 unspecified atom stereocenters. The zero-order valence-electron chi connectivity index (χ0n) is 13.7. The molecule has 1 atom stereocenters. The van der Waals surface area contributed by atoms with Crippen LogP contribution in [0.15, 0.2) is 30.5 Å². The Morgan fingerprint density at radius 3 is 2.67 bits per heavy atom. The van der Waals surface area contributed by atoms with Crippen molar-refractivity contribution in [1.29, 1.82) is 0 Å². The van der Waals surface area contributed by atoms with Crippen molar-refractivity contribution in [2.24, 2.45) is 5.73 Å². The second-order valence-electron chi connectivity index (χ2n) is 6.75. The maximum atomic E-state index is 12.5. The van der Waals surface area contributed by atoms with E-state index in [0.29, 0.717) is 19.3 Å². The molecule has 1 amide bonds. The van der Waals surface area contributed by atoms with Crippen molar-refractivity contribution in [3.63, 3.8) is 0 Å². The van der Waals surface area contributed by atoms with Crippen molar-refractivity contribution in [3.8, 4) is 0 Å². The molecule has 0 spiro atoms. The molecule has 1 aromatic heterocycles. The van der Waals surface area contributed by atoms with Crippen molar-refractivity contribution in [2.45, 2.75) is 56.4 Å². The fourth-order valence-corrected chi connectivity index (χ4v) is 3.60. The fourth-order valence-electron chi connectivity index (χ4n) is 3.60. The van der Waals surface area contributed by atoms with E-state index in [1.165, 1.54) is 0 Å². The summed E-state index contributed by atoms with van der Waals surface area (Å²) in [6, 6.07) is 7.13. The number of aromatic amines is 1. The summed E-state index contributed by atoms with van der Waals surface area (Å²) in [5.41, 5.74) is 7.11. The number of aromatic nitrogens is 1. The highest BCUT2D eigenvalue weighted by Gasteiger charge is 2.40. The smallest absolute Gasteiger partial charge is 0.237 e. The van der Waals surface area contributed by atoms with Crippen LogP contribution in [0.4, 0.5) is 0 Å². The van der Waals surface area contributed by atoms with Crippen LogP contribution in [-0.2, 0) is 11.2 Å². The molecule has 0 saturated heterocycles. The molecule has 0 aliphatic heterocycles. The third-order valence-corrected chi connectivity index (χ3v) is 5.06. The molecule has 3 rings (SSSR count). The number of hydrogen-bond acceptors (Lipinski definition) is 4. The number of para-hydroxylation sites is 1. The Hall–Kier alpha value is -1.89. The summed E-state index contributed by atoms with van der Waals surface area (Å²) in [6.07, 6.45) is 4.62. The number of aliphatic hydroxyl groups excluding tert-OH is 1. The van der Waals surface area contributed by atoms with Crippen LogP contribution in [0.25, 0.3) is 10.9 Å². The SMILES string of the molecule is N[C@H](Cc1c[nH]c2ccccc12)C(=O)NC1(C(O)O)CCCCC1. The summed E-state index contributed by atoms with van der Waals surface area (Å²) in [7, 11) is 0. The first kappa shape index (κ1) is 17.0. The van der Waals surface area contributed by atoms with E-state index in [4.69, 9.17) is 5.73 Å². The predicted molar refractivity (Wildman–Crippen MR) is 92.2 cm³/mol. The van der Waals surface area contributed by atoms with Gasteiger partial charge in [0.1, 0.15) is 0 Å². The number of benzene rings is 1. The highest BCUT2D eigenvalue weighted by Crippen LogP contribution is 2.30. The molecule has 1 saturated carbocycles. The van der Waals surface area contributed by atoms with E-state index in [-0.39, 0.29) is 5.91 Å². The van der Waals surface area contributed by atoms with E-state index in [1.54, 1.807) is 0 Å². The second-order valence-corrected chi connectivity index (χ2v) is 6.75. The molecule has 0 radical (unpaired) electrons. The lowest BCUT2D eigenvalue weighted by atomic mass is 9.80. The van der Waals surface area contributed by atoms with E-state index in [1.807, 2.05) is 30.5 Å². The molecule has 6 nitrogen and oxygen atoms in total. The Bertz CT molecular complexity index is 704. The average molecular weight is 331 g/mol. The molecule has 2 aromatic rings. The van der Waals surface area contributed by atoms with E-state index in [9.17, 15) is 15.0 Å². The molecule has 1 aliphatic rings. The van der Waals surface area contributed by atoms with Gasteiger partial charge in [-0.1, -0.05) is 37.5 Å². The number of amides is 1. The molecule has 24 heavy (non-hydrogen) atoms. The van der Waals surface area contributed by atoms with E-state index < -0.39 is 17.9 Å². The Balaban J connectivity index is 1.70. The number of hydrogen-bond donors (Lipinski definition) is 5. The molecule has 0 bridgehead atoms. The Labute approximate surface area is 141 Å². The Morgan fingerprint density at radius 1 is 1.25 bits per heavy atom. The van der Waals surface area contributed by atoms with Gasteiger partial charge in [0, 0.05) is 17.1 Å². The van der Waals surface area contributed by atoms with Crippen LogP contribution >= 0.6 is 0 Å². The monoisotopic (exact) mass is 331 g/mol. The van der Waals surface area contributed by atoms with Gasteiger partial charge in [-0.25, -0.2) is 0 Å². The number of H-pyrrole nitrogens is 1. The van der Waals surface area contributed by atoms with Crippen molar-refractivity contribution in [3.05, 3.63) is 36.0 Å². The quantitative estimate of drug-likeness (QED) is 0.529.